The highest BCUT2D eigenvalue weighted by molar-refractivity contribution is 5.97. The number of ether oxygens (including phenoxy) is 3. The molecule has 1 fully saturated rings. The number of carbonyl (C=O) groups is 1. The number of benzene rings is 1. The Kier molecular flexibility index (Phi) is 4.84. The minimum Gasteiger partial charge on any atom is -0.496 e. The van der Waals surface area contributed by atoms with Crippen molar-refractivity contribution in [3.63, 3.8) is 0 Å². The predicted octanol–water partition coefficient (Wildman–Crippen LogP) is 1.92. The van der Waals surface area contributed by atoms with Crippen LogP contribution in [0.4, 0.5) is 0 Å². The summed E-state index contributed by atoms with van der Waals surface area (Å²) in [6, 6.07) is 3.49. The van der Waals surface area contributed by atoms with Gasteiger partial charge in [-0.25, -0.2) is 0 Å². The lowest BCUT2D eigenvalue weighted by Gasteiger charge is -2.15. The van der Waals surface area contributed by atoms with E-state index in [1.165, 1.54) is 0 Å². The van der Waals surface area contributed by atoms with Gasteiger partial charge in [0.15, 0.2) is 0 Å². The molecule has 1 amide bonds. The Labute approximate surface area is 119 Å². The van der Waals surface area contributed by atoms with Crippen molar-refractivity contribution < 1.29 is 19.0 Å². The molecule has 0 spiro atoms. The molecule has 110 valence electrons. The van der Waals surface area contributed by atoms with Crippen LogP contribution in [0, 0.1) is 6.92 Å². The zero-order chi connectivity index (χ0) is 14.5. The summed E-state index contributed by atoms with van der Waals surface area (Å²) in [7, 11) is 3.15. The van der Waals surface area contributed by atoms with E-state index in [2.05, 4.69) is 5.32 Å². The molecule has 0 aliphatic carbocycles. The van der Waals surface area contributed by atoms with Crippen LogP contribution >= 0.6 is 0 Å². The zero-order valence-electron chi connectivity index (χ0n) is 12.2. The minimum atomic E-state index is -0.150. The van der Waals surface area contributed by atoms with Crippen LogP contribution in [0.15, 0.2) is 12.1 Å². The van der Waals surface area contributed by atoms with Gasteiger partial charge < -0.3 is 19.5 Å². The second-order valence-corrected chi connectivity index (χ2v) is 4.82. The normalized spacial score (nSPS) is 17.9. The number of methoxy groups -OCH3 is 2. The van der Waals surface area contributed by atoms with E-state index in [0.29, 0.717) is 23.6 Å². The van der Waals surface area contributed by atoms with Gasteiger partial charge in [0.25, 0.3) is 5.91 Å². The smallest absolute Gasteiger partial charge is 0.255 e. The quantitative estimate of drug-likeness (QED) is 0.894. The second kappa shape index (κ2) is 6.61. The molecule has 2 rings (SSSR count). The van der Waals surface area contributed by atoms with Crippen LogP contribution in [0.3, 0.4) is 0 Å². The number of amides is 1. The van der Waals surface area contributed by atoms with Crippen LogP contribution < -0.4 is 14.8 Å². The molecule has 0 saturated carbocycles. The molecule has 1 aliphatic heterocycles. The Hall–Kier alpha value is -1.75. The molecule has 5 heteroatoms. The predicted molar refractivity (Wildman–Crippen MR) is 75.6 cm³/mol. The SMILES string of the molecule is COc1ccc(C(=O)NCC2CCCO2)c(OC)c1C. The van der Waals surface area contributed by atoms with E-state index in [0.717, 1.165) is 25.0 Å². The highest BCUT2D eigenvalue weighted by Gasteiger charge is 2.20. The van der Waals surface area contributed by atoms with Crippen molar-refractivity contribution in [1.82, 2.24) is 5.32 Å². The Bertz CT molecular complexity index is 481. The summed E-state index contributed by atoms with van der Waals surface area (Å²) < 4.78 is 16.1. The monoisotopic (exact) mass is 279 g/mol. The van der Waals surface area contributed by atoms with Gasteiger partial charge in [-0.05, 0) is 31.9 Å². The topological polar surface area (TPSA) is 56.8 Å². The van der Waals surface area contributed by atoms with E-state index in [4.69, 9.17) is 14.2 Å². The summed E-state index contributed by atoms with van der Waals surface area (Å²) >= 11 is 0. The molecule has 1 atom stereocenters. The fraction of sp³-hybridized carbons (Fsp3) is 0.533. The maximum absolute atomic E-state index is 12.2. The van der Waals surface area contributed by atoms with Gasteiger partial charge >= 0.3 is 0 Å². The Balaban J connectivity index is 2.10. The number of rotatable bonds is 5. The lowest BCUT2D eigenvalue weighted by molar-refractivity contribution is 0.0855. The Morgan fingerprint density at radius 3 is 2.80 bits per heavy atom. The van der Waals surface area contributed by atoms with Crippen molar-refractivity contribution in [2.24, 2.45) is 0 Å². The van der Waals surface area contributed by atoms with Crippen LogP contribution in [-0.4, -0.2) is 39.4 Å². The first-order valence-electron chi connectivity index (χ1n) is 6.78. The number of nitrogens with one attached hydrogen (secondary N) is 1. The fourth-order valence-electron chi connectivity index (χ4n) is 2.44. The van der Waals surface area contributed by atoms with Gasteiger partial charge in [0.05, 0.1) is 25.9 Å². The van der Waals surface area contributed by atoms with Gasteiger partial charge in [0.2, 0.25) is 0 Å². The molecule has 0 bridgehead atoms. The summed E-state index contributed by atoms with van der Waals surface area (Å²) in [6.07, 6.45) is 2.19. The molecule has 1 saturated heterocycles. The number of carbonyl (C=O) groups excluding carboxylic acids is 1. The molecule has 1 aliphatic rings. The average Bonchev–Trinajstić information content (AvgIpc) is 2.97. The lowest BCUT2D eigenvalue weighted by atomic mass is 10.1. The summed E-state index contributed by atoms with van der Waals surface area (Å²) in [6.45, 7) is 3.19. The van der Waals surface area contributed by atoms with Gasteiger partial charge in [0.1, 0.15) is 11.5 Å². The molecular weight excluding hydrogens is 258 g/mol. The Morgan fingerprint density at radius 2 is 2.20 bits per heavy atom. The summed E-state index contributed by atoms with van der Waals surface area (Å²) in [5, 5.41) is 2.90. The maximum Gasteiger partial charge on any atom is 0.255 e. The van der Waals surface area contributed by atoms with E-state index < -0.39 is 0 Å². The van der Waals surface area contributed by atoms with Crippen molar-refractivity contribution in [2.45, 2.75) is 25.9 Å². The summed E-state index contributed by atoms with van der Waals surface area (Å²) in [4.78, 5) is 12.2. The van der Waals surface area contributed by atoms with Crippen LogP contribution in [0.5, 0.6) is 11.5 Å². The van der Waals surface area contributed by atoms with E-state index in [1.807, 2.05) is 6.92 Å². The number of hydrogen-bond acceptors (Lipinski definition) is 4. The van der Waals surface area contributed by atoms with Gasteiger partial charge in [-0.3, -0.25) is 4.79 Å². The van der Waals surface area contributed by atoms with E-state index in [-0.39, 0.29) is 12.0 Å². The average molecular weight is 279 g/mol. The molecule has 1 aromatic carbocycles. The van der Waals surface area contributed by atoms with Crippen LogP contribution in [-0.2, 0) is 4.74 Å². The first kappa shape index (κ1) is 14.7. The first-order chi connectivity index (χ1) is 9.67. The third kappa shape index (κ3) is 3.04. The highest BCUT2D eigenvalue weighted by atomic mass is 16.5. The van der Waals surface area contributed by atoms with E-state index in [9.17, 15) is 4.79 Å². The van der Waals surface area contributed by atoms with Gasteiger partial charge in [-0.15, -0.1) is 0 Å². The molecule has 1 heterocycles. The van der Waals surface area contributed by atoms with Crippen LogP contribution in [0.25, 0.3) is 0 Å². The van der Waals surface area contributed by atoms with E-state index >= 15 is 0 Å². The fourth-order valence-corrected chi connectivity index (χ4v) is 2.44. The molecule has 1 unspecified atom stereocenters. The third-order valence-electron chi connectivity index (χ3n) is 3.54. The molecule has 1 N–H and O–H groups in total. The zero-order valence-corrected chi connectivity index (χ0v) is 12.2. The Morgan fingerprint density at radius 1 is 1.40 bits per heavy atom. The van der Waals surface area contributed by atoms with E-state index in [1.54, 1.807) is 26.4 Å². The molecule has 5 nitrogen and oxygen atoms in total. The molecule has 0 aromatic heterocycles. The summed E-state index contributed by atoms with van der Waals surface area (Å²) in [5.74, 6) is 1.11. The molecule has 0 radical (unpaired) electrons. The molecule has 1 aromatic rings. The van der Waals surface area contributed by atoms with Crippen molar-refractivity contribution in [1.29, 1.82) is 0 Å². The van der Waals surface area contributed by atoms with Crippen molar-refractivity contribution in [3.05, 3.63) is 23.3 Å². The second-order valence-electron chi connectivity index (χ2n) is 4.82. The third-order valence-corrected chi connectivity index (χ3v) is 3.54. The van der Waals surface area contributed by atoms with Gasteiger partial charge in [-0.2, -0.15) is 0 Å². The minimum absolute atomic E-state index is 0.129. The largest absolute Gasteiger partial charge is 0.496 e. The standard InChI is InChI=1S/C15H21NO4/c1-10-13(18-2)7-6-12(14(10)19-3)15(17)16-9-11-5-4-8-20-11/h6-7,11H,4-5,8-9H2,1-3H3,(H,16,17). The summed E-state index contributed by atoms with van der Waals surface area (Å²) in [5.41, 5.74) is 1.34. The van der Waals surface area contributed by atoms with Crippen molar-refractivity contribution in [2.75, 3.05) is 27.4 Å². The molecule has 20 heavy (non-hydrogen) atoms. The van der Waals surface area contributed by atoms with Gasteiger partial charge in [-0.1, -0.05) is 0 Å². The maximum atomic E-state index is 12.2. The highest BCUT2D eigenvalue weighted by Crippen LogP contribution is 2.31. The number of hydrogen-bond donors (Lipinski definition) is 1. The van der Waals surface area contributed by atoms with Crippen LogP contribution in [0.2, 0.25) is 0 Å². The van der Waals surface area contributed by atoms with Crippen molar-refractivity contribution >= 4 is 5.91 Å². The van der Waals surface area contributed by atoms with Crippen LogP contribution in [0.1, 0.15) is 28.8 Å². The van der Waals surface area contributed by atoms with Gasteiger partial charge in [0, 0.05) is 18.7 Å². The van der Waals surface area contributed by atoms with Crippen molar-refractivity contribution in [3.8, 4) is 11.5 Å². The lowest BCUT2D eigenvalue weighted by Crippen LogP contribution is -2.32. The first-order valence-corrected chi connectivity index (χ1v) is 6.78. The molecular formula is C15H21NO4.